The van der Waals surface area contributed by atoms with Gasteiger partial charge in [0.2, 0.25) is 0 Å². The number of aliphatic hydroxyl groups is 1. The Balaban J connectivity index is 2.09. The minimum Gasteiger partial charge on any atom is -0.507 e. The van der Waals surface area contributed by atoms with Crippen LogP contribution in [0.25, 0.3) is 5.76 Å². The summed E-state index contributed by atoms with van der Waals surface area (Å²) in [6.07, 6.45) is 2.96. The van der Waals surface area contributed by atoms with Gasteiger partial charge in [-0.25, -0.2) is 0 Å². The topological polar surface area (TPSA) is 117 Å². The fourth-order valence-electron chi connectivity index (χ4n) is 3.69. The van der Waals surface area contributed by atoms with Crippen molar-refractivity contribution >= 4 is 23.1 Å². The standard InChI is InChI=1S/C22H24N4O5/c1-3-24(4-2)13-14-25-19(15-5-7-17(8-6-15)26(30)31)18(21(28)22(25)29)20(27)16-9-11-23-12-10-16/h5-12,19,27H,3-4,13-14H2,1-2H3/t19-/m1/s1. The molecule has 1 aromatic heterocycles. The molecular formula is C22H24N4O5. The lowest BCUT2D eigenvalue weighted by Gasteiger charge is -2.28. The predicted molar refractivity (Wildman–Crippen MR) is 114 cm³/mol. The number of rotatable bonds is 8. The van der Waals surface area contributed by atoms with Crippen molar-refractivity contribution in [3.05, 3.63) is 75.6 Å². The van der Waals surface area contributed by atoms with E-state index in [9.17, 15) is 24.8 Å². The summed E-state index contributed by atoms with van der Waals surface area (Å²) in [5.41, 5.74) is 0.742. The van der Waals surface area contributed by atoms with Gasteiger partial charge in [-0.15, -0.1) is 0 Å². The number of amides is 1. The van der Waals surface area contributed by atoms with E-state index in [1.165, 1.54) is 41.6 Å². The van der Waals surface area contributed by atoms with Crippen LogP contribution in [0.3, 0.4) is 0 Å². The Bertz CT molecular complexity index is 1000. The Morgan fingerprint density at radius 3 is 2.29 bits per heavy atom. The number of likely N-dealkylation sites (N-methyl/N-ethyl adjacent to an activating group) is 1. The lowest BCUT2D eigenvalue weighted by molar-refractivity contribution is -0.384. The van der Waals surface area contributed by atoms with Crippen LogP contribution in [0.15, 0.2) is 54.4 Å². The molecule has 1 N–H and O–H groups in total. The number of hydrogen-bond donors (Lipinski definition) is 1. The molecule has 1 amide bonds. The number of hydrogen-bond acceptors (Lipinski definition) is 7. The molecule has 162 valence electrons. The number of carbonyl (C=O) groups excluding carboxylic acids is 2. The zero-order valence-corrected chi connectivity index (χ0v) is 17.4. The molecule has 2 heterocycles. The van der Waals surface area contributed by atoms with Gasteiger partial charge in [-0.05, 0) is 42.9 Å². The second-order valence-electron chi connectivity index (χ2n) is 7.10. The molecule has 0 unspecified atom stereocenters. The van der Waals surface area contributed by atoms with E-state index in [-0.39, 0.29) is 23.6 Å². The smallest absolute Gasteiger partial charge is 0.295 e. The van der Waals surface area contributed by atoms with E-state index in [0.29, 0.717) is 17.7 Å². The van der Waals surface area contributed by atoms with Crippen molar-refractivity contribution in [2.45, 2.75) is 19.9 Å². The first-order valence-electron chi connectivity index (χ1n) is 10.0. The van der Waals surface area contributed by atoms with Gasteiger partial charge in [0.1, 0.15) is 5.76 Å². The van der Waals surface area contributed by atoms with Crippen LogP contribution in [-0.2, 0) is 9.59 Å². The maximum atomic E-state index is 12.9. The van der Waals surface area contributed by atoms with Gasteiger partial charge < -0.3 is 14.9 Å². The number of ketones is 1. The number of carbonyl (C=O) groups is 2. The van der Waals surface area contributed by atoms with E-state index in [4.69, 9.17) is 0 Å². The average Bonchev–Trinajstić information content (AvgIpc) is 3.04. The molecule has 1 atom stereocenters. The maximum Gasteiger partial charge on any atom is 0.295 e. The van der Waals surface area contributed by atoms with Crippen LogP contribution < -0.4 is 0 Å². The van der Waals surface area contributed by atoms with Crippen LogP contribution in [-0.4, -0.2) is 62.7 Å². The summed E-state index contributed by atoms with van der Waals surface area (Å²) in [6, 6.07) is 7.93. The van der Waals surface area contributed by atoms with Crippen molar-refractivity contribution in [2.24, 2.45) is 0 Å². The monoisotopic (exact) mass is 424 g/mol. The van der Waals surface area contributed by atoms with Crippen LogP contribution in [0.5, 0.6) is 0 Å². The highest BCUT2D eigenvalue weighted by atomic mass is 16.6. The van der Waals surface area contributed by atoms with Crippen LogP contribution in [0.2, 0.25) is 0 Å². The molecule has 9 nitrogen and oxygen atoms in total. The van der Waals surface area contributed by atoms with E-state index in [1.54, 1.807) is 12.1 Å². The second-order valence-corrected chi connectivity index (χ2v) is 7.10. The molecule has 3 rings (SSSR count). The van der Waals surface area contributed by atoms with Gasteiger partial charge in [-0.1, -0.05) is 13.8 Å². The second kappa shape index (κ2) is 9.48. The van der Waals surface area contributed by atoms with Crippen molar-refractivity contribution in [3.8, 4) is 0 Å². The van der Waals surface area contributed by atoms with Gasteiger partial charge in [-0.3, -0.25) is 24.7 Å². The number of nitro benzene ring substituents is 1. The molecule has 31 heavy (non-hydrogen) atoms. The zero-order valence-electron chi connectivity index (χ0n) is 17.4. The lowest BCUT2D eigenvalue weighted by atomic mass is 9.95. The fourth-order valence-corrected chi connectivity index (χ4v) is 3.69. The summed E-state index contributed by atoms with van der Waals surface area (Å²) in [4.78, 5) is 43.8. The number of benzene rings is 1. The maximum absolute atomic E-state index is 12.9. The Labute approximate surface area is 179 Å². The molecule has 1 fully saturated rings. The van der Waals surface area contributed by atoms with Crippen molar-refractivity contribution in [2.75, 3.05) is 26.2 Å². The van der Waals surface area contributed by atoms with Crippen molar-refractivity contribution in [1.82, 2.24) is 14.8 Å². The van der Waals surface area contributed by atoms with Gasteiger partial charge in [0, 0.05) is 43.2 Å². The Kier molecular flexibility index (Phi) is 6.76. The zero-order chi connectivity index (χ0) is 22.5. The lowest BCUT2D eigenvalue weighted by Crippen LogP contribution is -2.38. The molecule has 9 heteroatoms. The average molecular weight is 424 g/mol. The Morgan fingerprint density at radius 2 is 1.74 bits per heavy atom. The number of Topliss-reactive ketones (excluding diaryl/α,β-unsaturated/α-hetero) is 1. The fraction of sp³-hybridized carbons (Fsp3) is 0.318. The molecular weight excluding hydrogens is 400 g/mol. The highest BCUT2D eigenvalue weighted by molar-refractivity contribution is 6.46. The molecule has 1 aromatic carbocycles. The van der Waals surface area contributed by atoms with E-state index < -0.39 is 22.7 Å². The van der Waals surface area contributed by atoms with Gasteiger partial charge in [0.05, 0.1) is 16.5 Å². The van der Waals surface area contributed by atoms with Crippen molar-refractivity contribution < 1.29 is 19.6 Å². The Hall–Kier alpha value is -3.59. The summed E-state index contributed by atoms with van der Waals surface area (Å²) in [7, 11) is 0. The highest BCUT2D eigenvalue weighted by Crippen LogP contribution is 2.39. The van der Waals surface area contributed by atoms with Crippen LogP contribution in [0, 0.1) is 10.1 Å². The van der Waals surface area contributed by atoms with Gasteiger partial charge >= 0.3 is 0 Å². The van der Waals surface area contributed by atoms with E-state index in [0.717, 1.165) is 13.1 Å². The number of pyridine rings is 1. The van der Waals surface area contributed by atoms with Crippen LogP contribution in [0.1, 0.15) is 31.0 Å². The van der Waals surface area contributed by atoms with E-state index >= 15 is 0 Å². The van der Waals surface area contributed by atoms with Gasteiger partial charge in [0.25, 0.3) is 17.4 Å². The summed E-state index contributed by atoms with van der Waals surface area (Å²) in [5.74, 6) is -1.78. The third kappa shape index (κ3) is 4.46. The van der Waals surface area contributed by atoms with E-state index in [2.05, 4.69) is 9.88 Å². The molecule has 1 aliphatic rings. The first-order valence-corrected chi connectivity index (χ1v) is 10.0. The number of aliphatic hydroxyl groups excluding tert-OH is 1. The number of nitrogens with zero attached hydrogens (tertiary/aromatic N) is 4. The van der Waals surface area contributed by atoms with Crippen LogP contribution >= 0.6 is 0 Å². The number of non-ortho nitro benzene ring substituents is 1. The summed E-state index contributed by atoms with van der Waals surface area (Å²) in [5, 5.41) is 21.9. The molecule has 0 bridgehead atoms. The molecule has 2 aromatic rings. The third-order valence-corrected chi connectivity index (χ3v) is 5.46. The predicted octanol–water partition coefficient (Wildman–Crippen LogP) is 2.75. The summed E-state index contributed by atoms with van der Waals surface area (Å²) in [6.45, 7) is 6.43. The van der Waals surface area contributed by atoms with Crippen molar-refractivity contribution in [3.63, 3.8) is 0 Å². The SMILES string of the molecule is CCN(CC)CCN1C(=O)C(=O)C(=C(O)c2ccncc2)[C@H]1c1ccc([N+](=O)[O-])cc1. The number of aromatic nitrogens is 1. The quantitative estimate of drug-likeness (QED) is 0.228. The molecule has 0 aliphatic carbocycles. The molecule has 0 saturated carbocycles. The molecule has 0 spiro atoms. The van der Waals surface area contributed by atoms with Crippen molar-refractivity contribution in [1.29, 1.82) is 0 Å². The Morgan fingerprint density at radius 1 is 1.13 bits per heavy atom. The minimum absolute atomic E-state index is 0.0374. The highest BCUT2D eigenvalue weighted by Gasteiger charge is 2.46. The third-order valence-electron chi connectivity index (χ3n) is 5.46. The summed E-state index contributed by atoms with van der Waals surface area (Å²) < 4.78 is 0. The van der Waals surface area contributed by atoms with Gasteiger partial charge in [0.15, 0.2) is 0 Å². The van der Waals surface area contributed by atoms with Gasteiger partial charge in [-0.2, -0.15) is 0 Å². The first kappa shape index (κ1) is 22.1. The molecule has 0 radical (unpaired) electrons. The van der Waals surface area contributed by atoms with E-state index in [1.807, 2.05) is 13.8 Å². The first-order chi connectivity index (χ1) is 14.9. The minimum atomic E-state index is -0.843. The molecule has 1 saturated heterocycles. The normalized spacial score (nSPS) is 18.0. The largest absolute Gasteiger partial charge is 0.507 e. The molecule has 1 aliphatic heterocycles. The number of nitro groups is 1. The van der Waals surface area contributed by atoms with Crippen LogP contribution in [0.4, 0.5) is 5.69 Å². The summed E-state index contributed by atoms with van der Waals surface area (Å²) >= 11 is 0. The number of likely N-dealkylation sites (tertiary alicyclic amines) is 1.